The normalized spacial score (nSPS) is 44.4. The molecule has 4 bridgehead atoms. The van der Waals surface area contributed by atoms with E-state index in [0.717, 1.165) is 24.7 Å². The minimum atomic E-state index is -0.799. The summed E-state index contributed by atoms with van der Waals surface area (Å²) >= 11 is 0. The largest absolute Gasteiger partial charge is 0.373 e. The second-order valence-corrected chi connectivity index (χ2v) is 7.36. The average molecular weight is 293 g/mol. The maximum Gasteiger partial charge on any atom is 0.241 e. The predicted molar refractivity (Wildman–Crippen MR) is 74.8 cm³/mol. The molecule has 3 saturated heterocycles. The van der Waals surface area contributed by atoms with Crippen LogP contribution in [0.5, 0.6) is 0 Å². The molecule has 5 rings (SSSR count). The molecule has 21 heavy (non-hydrogen) atoms. The van der Waals surface area contributed by atoms with E-state index in [9.17, 15) is 14.7 Å². The van der Waals surface area contributed by atoms with Crippen molar-refractivity contribution < 1.29 is 14.7 Å². The molecular weight excluding hydrogens is 270 g/mol. The van der Waals surface area contributed by atoms with Crippen LogP contribution in [-0.4, -0.2) is 46.3 Å². The first-order valence-corrected chi connectivity index (χ1v) is 8.09. The van der Waals surface area contributed by atoms with E-state index in [1.165, 1.54) is 24.2 Å². The van der Waals surface area contributed by atoms with Gasteiger partial charge < -0.3 is 15.3 Å². The molecule has 0 aromatic carbocycles. The maximum atomic E-state index is 12.3. The van der Waals surface area contributed by atoms with Gasteiger partial charge in [0.25, 0.3) is 0 Å². The summed E-state index contributed by atoms with van der Waals surface area (Å²) in [7, 11) is 0. The van der Waals surface area contributed by atoms with Crippen LogP contribution in [0, 0.1) is 11.8 Å². The highest BCUT2D eigenvalue weighted by Crippen LogP contribution is 2.48. The molecule has 2 aliphatic carbocycles. The van der Waals surface area contributed by atoms with Gasteiger partial charge in [0.2, 0.25) is 11.8 Å². The van der Waals surface area contributed by atoms with Gasteiger partial charge in [0.05, 0.1) is 5.66 Å². The smallest absolute Gasteiger partial charge is 0.241 e. The number of likely N-dealkylation sites (tertiary alicyclic amines) is 1. The van der Waals surface area contributed by atoms with Crippen LogP contribution in [0.4, 0.5) is 0 Å². The van der Waals surface area contributed by atoms with E-state index in [4.69, 9.17) is 0 Å². The molecule has 5 aliphatic rings. The van der Waals surface area contributed by atoms with Gasteiger partial charge in [-0.25, -0.2) is 0 Å². The number of nitrogens with zero attached hydrogens (tertiary/aromatic N) is 1. The number of rotatable bonds is 3. The van der Waals surface area contributed by atoms with Crippen LogP contribution in [0.2, 0.25) is 0 Å². The molecule has 2 saturated carbocycles. The third kappa shape index (κ3) is 2.34. The van der Waals surface area contributed by atoms with Gasteiger partial charge in [-0.3, -0.25) is 14.9 Å². The number of aliphatic hydroxyl groups is 1. The van der Waals surface area contributed by atoms with E-state index < -0.39 is 6.23 Å². The van der Waals surface area contributed by atoms with Crippen LogP contribution >= 0.6 is 0 Å². The molecule has 3 aliphatic heterocycles. The number of carbonyl (C=O) groups is 2. The Morgan fingerprint density at radius 1 is 1.33 bits per heavy atom. The van der Waals surface area contributed by atoms with Crippen LogP contribution < -0.4 is 10.6 Å². The molecule has 3 N–H and O–H groups in total. The molecule has 0 radical (unpaired) electrons. The molecule has 0 spiro atoms. The standard InChI is InChI=1S/C15H23N3O3/c19-12(8-18-13(20)1-2-14(18)21)17-15-6-9-3-10(7-15)5-11(4-9)16-15/h9-11,13,16,20H,1-8H2,(H,17,19)/t9-,10+,11+,13?,15-. The van der Waals surface area contributed by atoms with E-state index in [0.29, 0.717) is 18.9 Å². The second-order valence-electron chi connectivity index (χ2n) is 7.36. The molecule has 6 nitrogen and oxygen atoms in total. The van der Waals surface area contributed by atoms with Crippen LogP contribution in [0.15, 0.2) is 0 Å². The van der Waals surface area contributed by atoms with Gasteiger partial charge in [-0.1, -0.05) is 0 Å². The highest BCUT2D eigenvalue weighted by molar-refractivity contribution is 5.86. The van der Waals surface area contributed by atoms with Gasteiger partial charge in [-0.15, -0.1) is 0 Å². The molecule has 6 heteroatoms. The summed E-state index contributed by atoms with van der Waals surface area (Å²) in [4.78, 5) is 25.3. The van der Waals surface area contributed by atoms with Gasteiger partial charge in [-0.2, -0.15) is 0 Å². The number of nitrogens with one attached hydrogen (secondary N) is 2. The van der Waals surface area contributed by atoms with Crippen molar-refractivity contribution in [3.05, 3.63) is 0 Å². The summed E-state index contributed by atoms with van der Waals surface area (Å²) in [6.07, 6.45) is 5.75. The quantitative estimate of drug-likeness (QED) is 0.680. The fourth-order valence-corrected chi connectivity index (χ4v) is 5.10. The molecule has 5 atom stereocenters. The Morgan fingerprint density at radius 3 is 2.62 bits per heavy atom. The van der Waals surface area contributed by atoms with Gasteiger partial charge in [0.15, 0.2) is 0 Å². The Bertz CT molecular complexity index is 444. The molecule has 116 valence electrons. The summed E-state index contributed by atoms with van der Waals surface area (Å²) in [5.74, 6) is 1.17. The summed E-state index contributed by atoms with van der Waals surface area (Å²) in [5, 5.41) is 16.5. The molecule has 0 aromatic rings. The number of aliphatic hydroxyl groups excluding tert-OH is 1. The first-order valence-electron chi connectivity index (χ1n) is 8.09. The van der Waals surface area contributed by atoms with E-state index in [-0.39, 0.29) is 24.0 Å². The van der Waals surface area contributed by atoms with E-state index >= 15 is 0 Å². The van der Waals surface area contributed by atoms with Crippen molar-refractivity contribution in [1.82, 2.24) is 15.5 Å². The molecular formula is C15H23N3O3. The van der Waals surface area contributed by atoms with Gasteiger partial charge >= 0.3 is 0 Å². The lowest BCUT2D eigenvalue weighted by atomic mass is 9.62. The lowest BCUT2D eigenvalue weighted by molar-refractivity contribution is -0.141. The number of hydrogen-bond donors (Lipinski definition) is 3. The topological polar surface area (TPSA) is 81.7 Å². The van der Waals surface area contributed by atoms with E-state index in [1.54, 1.807) is 0 Å². The zero-order valence-corrected chi connectivity index (χ0v) is 12.2. The van der Waals surface area contributed by atoms with Crippen molar-refractivity contribution >= 4 is 11.8 Å². The molecule has 5 fully saturated rings. The van der Waals surface area contributed by atoms with Crippen molar-refractivity contribution in [3.8, 4) is 0 Å². The maximum absolute atomic E-state index is 12.3. The SMILES string of the molecule is O=C(CN1C(=O)CCC1O)N[C@@]12C[C@@H]3C[C@@H](C[C@H](C3)N1)C2. The number of amides is 2. The fourth-order valence-electron chi connectivity index (χ4n) is 5.10. The fraction of sp³-hybridized carbons (Fsp3) is 0.867. The first kappa shape index (κ1) is 13.5. The molecule has 2 amide bonds. The Kier molecular flexibility index (Phi) is 3.01. The Morgan fingerprint density at radius 2 is 2.05 bits per heavy atom. The van der Waals surface area contributed by atoms with E-state index in [1.807, 2.05) is 0 Å². The van der Waals surface area contributed by atoms with Gasteiger partial charge in [-0.05, 0) is 43.9 Å². The van der Waals surface area contributed by atoms with Crippen molar-refractivity contribution in [2.75, 3.05) is 6.54 Å². The first-order chi connectivity index (χ1) is 10.0. The second kappa shape index (κ2) is 4.68. The highest BCUT2D eigenvalue weighted by Gasteiger charge is 2.51. The monoisotopic (exact) mass is 293 g/mol. The number of carbonyl (C=O) groups excluding carboxylic acids is 2. The van der Waals surface area contributed by atoms with Gasteiger partial charge in [0.1, 0.15) is 12.8 Å². The van der Waals surface area contributed by atoms with Crippen LogP contribution in [0.25, 0.3) is 0 Å². The summed E-state index contributed by atoms with van der Waals surface area (Å²) in [6.45, 7) is -0.0244. The predicted octanol–water partition coefficient (Wildman–Crippen LogP) is -0.0784. The number of piperidine rings is 2. The minimum Gasteiger partial charge on any atom is -0.373 e. The molecule has 3 heterocycles. The third-order valence-electron chi connectivity index (χ3n) is 5.65. The average Bonchev–Trinajstić information content (AvgIpc) is 2.68. The summed E-state index contributed by atoms with van der Waals surface area (Å²) < 4.78 is 0. The zero-order chi connectivity index (χ0) is 14.6. The Labute approximate surface area is 124 Å². The zero-order valence-electron chi connectivity index (χ0n) is 12.2. The van der Waals surface area contributed by atoms with Crippen molar-refractivity contribution in [2.45, 2.75) is 62.9 Å². The molecule has 1 unspecified atom stereocenters. The minimum absolute atomic E-state index is 0.0244. The lowest BCUT2D eigenvalue weighted by Gasteiger charge is -2.57. The summed E-state index contributed by atoms with van der Waals surface area (Å²) in [6, 6.07) is 0.538. The van der Waals surface area contributed by atoms with Crippen LogP contribution in [0.1, 0.15) is 44.9 Å². The van der Waals surface area contributed by atoms with Crippen molar-refractivity contribution in [1.29, 1.82) is 0 Å². The summed E-state index contributed by atoms with van der Waals surface area (Å²) in [5.41, 5.74) is -0.264. The van der Waals surface area contributed by atoms with Gasteiger partial charge in [0, 0.05) is 18.9 Å². The Balaban J connectivity index is 1.41. The van der Waals surface area contributed by atoms with Crippen LogP contribution in [-0.2, 0) is 9.59 Å². The van der Waals surface area contributed by atoms with Crippen molar-refractivity contribution in [2.24, 2.45) is 11.8 Å². The van der Waals surface area contributed by atoms with Crippen LogP contribution in [0.3, 0.4) is 0 Å². The van der Waals surface area contributed by atoms with E-state index in [2.05, 4.69) is 10.6 Å². The molecule has 0 aromatic heterocycles. The highest BCUT2D eigenvalue weighted by atomic mass is 16.3. The third-order valence-corrected chi connectivity index (χ3v) is 5.65. The number of hydrogen-bond acceptors (Lipinski definition) is 4. The Hall–Kier alpha value is -1.14. The lowest BCUT2D eigenvalue weighted by Crippen LogP contribution is -2.71. The van der Waals surface area contributed by atoms with Crippen molar-refractivity contribution in [3.63, 3.8) is 0 Å².